The Morgan fingerprint density at radius 3 is 2.76 bits per heavy atom. The van der Waals surface area contributed by atoms with E-state index in [2.05, 4.69) is 51.6 Å². The Hall–Kier alpha value is -1.75. The van der Waals surface area contributed by atoms with E-state index >= 15 is 0 Å². The first kappa shape index (κ1) is 18.1. The lowest BCUT2D eigenvalue weighted by atomic mass is 10.0. The van der Waals surface area contributed by atoms with Gasteiger partial charge in [-0.2, -0.15) is 0 Å². The molecule has 1 aromatic rings. The molecule has 138 valence electrons. The van der Waals surface area contributed by atoms with Crippen molar-refractivity contribution in [3.8, 4) is 0 Å². The summed E-state index contributed by atoms with van der Waals surface area (Å²) < 4.78 is 0. The molecule has 2 aliphatic rings. The van der Waals surface area contributed by atoms with E-state index in [-0.39, 0.29) is 6.03 Å². The monoisotopic (exact) mass is 344 g/mol. The Labute approximate surface area is 151 Å². The Morgan fingerprint density at radius 1 is 1.12 bits per heavy atom. The Bertz CT molecular complexity index is 536. The SMILES string of the molecule is C[C@@H]1CCCCN1CCNC(=O)NC[C@H]1CCN(c2ccccc2)C1. The molecule has 0 spiro atoms. The minimum Gasteiger partial charge on any atom is -0.371 e. The van der Waals surface area contributed by atoms with Crippen molar-refractivity contribution < 1.29 is 4.79 Å². The quantitative estimate of drug-likeness (QED) is 0.834. The molecule has 2 atom stereocenters. The van der Waals surface area contributed by atoms with Crippen molar-refractivity contribution in [3.05, 3.63) is 30.3 Å². The third kappa shape index (κ3) is 5.36. The highest BCUT2D eigenvalue weighted by Crippen LogP contribution is 2.22. The van der Waals surface area contributed by atoms with Crippen molar-refractivity contribution >= 4 is 11.7 Å². The molecule has 2 heterocycles. The molecule has 0 aliphatic carbocycles. The number of amides is 2. The number of benzene rings is 1. The van der Waals surface area contributed by atoms with E-state index < -0.39 is 0 Å². The van der Waals surface area contributed by atoms with E-state index in [1.807, 2.05) is 6.07 Å². The molecule has 0 bridgehead atoms. The van der Waals surface area contributed by atoms with Crippen molar-refractivity contribution in [2.24, 2.45) is 5.92 Å². The van der Waals surface area contributed by atoms with Gasteiger partial charge in [0.25, 0.3) is 0 Å². The third-order valence-electron chi connectivity index (χ3n) is 5.58. The molecule has 5 nitrogen and oxygen atoms in total. The van der Waals surface area contributed by atoms with E-state index in [0.717, 1.165) is 39.1 Å². The number of para-hydroxylation sites is 1. The van der Waals surface area contributed by atoms with E-state index in [0.29, 0.717) is 12.0 Å². The van der Waals surface area contributed by atoms with Crippen molar-refractivity contribution in [3.63, 3.8) is 0 Å². The van der Waals surface area contributed by atoms with Gasteiger partial charge in [0.15, 0.2) is 0 Å². The first-order valence-electron chi connectivity index (χ1n) is 9.78. The average molecular weight is 345 g/mol. The predicted octanol–water partition coefficient (Wildman–Crippen LogP) is 2.69. The summed E-state index contributed by atoms with van der Waals surface area (Å²) in [5.41, 5.74) is 1.28. The lowest BCUT2D eigenvalue weighted by Crippen LogP contribution is -2.45. The molecule has 3 rings (SSSR count). The second-order valence-corrected chi connectivity index (χ2v) is 7.45. The largest absolute Gasteiger partial charge is 0.371 e. The zero-order valence-corrected chi connectivity index (χ0v) is 15.4. The van der Waals surface area contributed by atoms with Gasteiger partial charge in [-0.1, -0.05) is 24.6 Å². The molecule has 2 N–H and O–H groups in total. The van der Waals surface area contributed by atoms with Gasteiger partial charge in [0, 0.05) is 44.5 Å². The smallest absolute Gasteiger partial charge is 0.314 e. The van der Waals surface area contributed by atoms with Crippen molar-refractivity contribution in [2.75, 3.05) is 44.2 Å². The number of hydrogen-bond donors (Lipinski definition) is 2. The van der Waals surface area contributed by atoms with E-state index in [9.17, 15) is 4.79 Å². The summed E-state index contributed by atoms with van der Waals surface area (Å²) in [5.74, 6) is 0.535. The van der Waals surface area contributed by atoms with Gasteiger partial charge in [-0.05, 0) is 50.8 Å². The Kier molecular flexibility index (Phi) is 6.56. The van der Waals surface area contributed by atoms with E-state index in [1.165, 1.54) is 31.5 Å². The van der Waals surface area contributed by atoms with Crippen LogP contribution in [-0.4, -0.2) is 56.2 Å². The first-order chi connectivity index (χ1) is 12.2. The zero-order valence-electron chi connectivity index (χ0n) is 15.4. The summed E-state index contributed by atoms with van der Waals surface area (Å²) in [7, 11) is 0. The van der Waals surface area contributed by atoms with Gasteiger partial charge in [0.05, 0.1) is 0 Å². The van der Waals surface area contributed by atoms with Gasteiger partial charge < -0.3 is 15.5 Å². The van der Waals surface area contributed by atoms with Crippen LogP contribution in [0.4, 0.5) is 10.5 Å². The number of piperidine rings is 1. The highest BCUT2D eigenvalue weighted by Gasteiger charge is 2.23. The van der Waals surface area contributed by atoms with Crippen LogP contribution in [0.25, 0.3) is 0 Å². The molecule has 2 fully saturated rings. The molecule has 0 saturated carbocycles. The summed E-state index contributed by atoms with van der Waals surface area (Å²) in [6, 6.07) is 11.2. The van der Waals surface area contributed by atoms with Gasteiger partial charge in [-0.15, -0.1) is 0 Å². The molecular weight excluding hydrogens is 312 g/mol. The van der Waals surface area contributed by atoms with Crippen LogP contribution in [0.2, 0.25) is 0 Å². The molecule has 2 amide bonds. The van der Waals surface area contributed by atoms with Gasteiger partial charge in [0.2, 0.25) is 0 Å². The van der Waals surface area contributed by atoms with Crippen LogP contribution in [0.3, 0.4) is 0 Å². The fourth-order valence-corrected chi connectivity index (χ4v) is 3.97. The number of carbonyl (C=O) groups excluding carboxylic acids is 1. The number of hydrogen-bond acceptors (Lipinski definition) is 3. The Morgan fingerprint density at radius 2 is 1.96 bits per heavy atom. The maximum Gasteiger partial charge on any atom is 0.314 e. The highest BCUT2D eigenvalue weighted by molar-refractivity contribution is 5.73. The maximum absolute atomic E-state index is 12.0. The van der Waals surface area contributed by atoms with Crippen LogP contribution in [0.15, 0.2) is 30.3 Å². The number of carbonyl (C=O) groups is 1. The van der Waals surface area contributed by atoms with E-state index in [1.54, 1.807) is 0 Å². The number of anilines is 1. The zero-order chi connectivity index (χ0) is 17.5. The van der Waals surface area contributed by atoms with Crippen LogP contribution < -0.4 is 15.5 Å². The summed E-state index contributed by atoms with van der Waals surface area (Å²) in [5, 5.41) is 6.06. The molecule has 0 unspecified atom stereocenters. The van der Waals surface area contributed by atoms with Crippen LogP contribution in [0.5, 0.6) is 0 Å². The van der Waals surface area contributed by atoms with Crippen LogP contribution in [-0.2, 0) is 0 Å². The minimum atomic E-state index is -0.0252. The van der Waals surface area contributed by atoms with Gasteiger partial charge in [0.1, 0.15) is 0 Å². The summed E-state index contributed by atoms with van der Waals surface area (Å²) in [6.45, 7) is 8.01. The van der Waals surface area contributed by atoms with E-state index in [4.69, 9.17) is 0 Å². The number of rotatable bonds is 6. The van der Waals surface area contributed by atoms with Crippen LogP contribution in [0.1, 0.15) is 32.6 Å². The number of nitrogens with zero attached hydrogens (tertiary/aromatic N) is 2. The topological polar surface area (TPSA) is 47.6 Å². The van der Waals surface area contributed by atoms with Gasteiger partial charge in [-0.3, -0.25) is 4.90 Å². The number of likely N-dealkylation sites (tertiary alicyclic amines) is 1. The average Bonchev–Trinajstić information content (AvgIpc) is 3.11. The fourth-order valence-electron chi connectivity index (χ4n) is 3.97. The second-order valence-electron chi connectivity index (χ2n) is 7.45. The predicted molar refractivity (Wildman–Crippen MR) is 103 cm³/mol. The van der Waals surface area contributed by atoms with Crippen molar-refractivity contribution in [1.82, 2.24) is 15.5 Å². The lowest BCUT2D eigenvalue weighted by Gasteiger charge is -2.33. The molecule has 2 aliphatic heterocycles. The second kappa shape index (κ2) is 9.09. The molecule has 25 heavy (non-hydrogen) atoms. The standard InChI is InChI=1S/C20H32N4O/c1-17-7-5-6-12-23(17)14-11-21-20(25)22-15-18-10-13-24(16-18)19-8-3-2-4-9-19/h2-4,8-9,17-18H,5-7,10-16H2,1H3,(H2,21,22,25)/t17-,18-/m1/s1. The van der Waals surface area contributed by atoms with Gasteiger partial charge in [-0.25, -0.2) is 4.79 Å². The first-order valence-corrected chi connectivity index (χ1v) is 9.78. The highest BCUT2D eigenvalue weighted by atomic mass is 16.2. The van der Waals surface area contributed by atoms with Gasteiger partial charge >= 0.3 is 6.03 Å². The molecule has 0 aromatic heterocycles. The van der Waals surface area contributed by atoms with Crippen molar-refractivity contribution in [2.45, 2.75) is 38.6 Å². The summed E-state index contributed by atoms with van der Waals surface area (Å²) in [6.07, 6.45) is 5.05. The van der Waals surface area contributed by atoms with Crippen LogP contribution >= 0.6 is 0 Å². The summed E-state index contributed by atoms with van der Waals surface area (Å²) >= 11 is 0. The van der Waals surface area contributed by atoms with Crippen LogP contribution in [0, 0.1) is 5.92 Å². The summed E-state index contributed by atoms with van der Waals surface area (Å²) in [4.78, 5) is 16.9. The fraction of sp³-hybridized carbons (Fsp3) is 0.650. The molecule has 1 aromatic carbocycles. The van der Waals surface area contributed by atoms with Crippen molar-refractivity contribution in [1.29, 1.82) is 0 Å². The number of urea groups is 1. The lowest BCUT2D eigenvalue weighted by molar-refractivity contribution is 0.161. The Balaban J connectivity index is 1.30. The molecule has 5 heteroatoms. The maximum atomic E-state index is 12.0. The third-order valence-corrected chi connectivity index (χ3v) is 5.58. The number of nitrogens with one attached hydrogen (secondary N) is 2. The molecular formula is C20H32N4O. The normalized spacial score (nSPS) is 24.3. The minimum absolute atomic E-state index is 0.0252. The molecule has 2 saturated heterocycles. The molecule has 0 radical (unpaired) electrons.